The summed E-state index contributed by atoms with van der Waals surface area (Å²) in [4.78, 5) is 2.65. The van der Waals surface area contributed by atoms with Gasteiger partial charge in [-0.25, -0.2) is 8.42 Å². The number of benzene rings is 2. The van der Waals surface area contributed by atoms with Gasteiger partial charge in [-0.2, -0.15) is 4.31 Å². The van der Waals surface area contributed by atoms with Crippen molar-refractivity contribution in [3.05, 3.63) is 54.1 Å². The number of hydrogen-bond acceptors (Lipinski definition) is 5. The fourth-order valence-electron chi connectivity index (χ4n) is 3.44. The lowest BCUT2D eigenvalue weighted by Crippen LogP contribution is -2.29. The van der Waals surface area contributed by atoms with E-state index in [1.807, 2.05) is 12.1 Å². The molecule has 0 amide bonds. The molecule has 0 saturated carbocycles. The van der Waals surface area contributed by atoms with Crippen molar-refractivity contribution in [2.24, 2.45) is 0 Å². The van der Waals surface area contributed by atoms with Crippen LogP contribution in [0.3, 0.4) is 0 Å². The second kappa shape index (κ2) is 10.1. The maximum absolute atomic E-state index is 12.9. The Morgan fingerprint density at radius 1 is 0.931 bits per heavy atom. The van der Waals surface area contributed by atoms with Crippen molar-refractivity contribution in [1.82, 2.24) is 4.31 Å². The highest BCUT2D eigenvalue weighted by Gasteiger charge is 2.21. The molecule has 0 aliphatic carbocycles. The van der Waals surface area contributed by atoms with E-state index in [2.05, 4.69) is 17.0 Å². The molecule has 1 fully saturated rings. The molecule has 1 saturated heterocycles. The van der Waals surface area contributed by atoms with Crippen molar-refractivity contribution in [3.8, 4) is 5.75 Å². The van der Waals surface area contributed by atoms with Crippen molar-refractivity contribution >= 4 is 15.7 Å². The van der Waals surface area contributed by atoms with Gasteiger partial charge in [0.05, 0.1) is 11.5 Å². The van der Waals surface area contributed by atoms with Gasteiger partial charge in [0.2, 0.25) is 10.0 Å². The number of sulfonamides is 1. The van der Waals surface area contributed by atoms with E-state index in [4.69, 9.17) is 9.47 Å². The van der Waals surface area contributed by atoms with E-state index in [0.29, 0.717) is 25.5 Å². The van der Waals surface area contributed by atoms with Gasteiger partial charge >= 0.3 is 0 Å². The van der Waals surface area contributed by atoms with Gasteiger partial charge in [-0.15, -0.1) is 0 Å². The first-order valence-corrected chi connectivity index (χ1v) is 11.5. The molecule has 6 nitrogen and oxygen atoms in total. The molecule has 7 heteroatoms. The molecule has 2 aromatic carbocycles. The van der Waals surface area contributed by atoms with Crippen LogP contribution in [0.15, 0.2) is 53.4 Å². The van der Waals surface area contributed by atoms with Gasteiger partial charge in [0, 0.05) is 39.5 Å². The zero-order chi connectivity index (χ0) is 20.7. The lowest BCUT2D eigenvalue weighted by atomic mass is 10.1. The van der Waals surface area contributed by atoms with Crippen LogP contribution in [0.2, 0.25) is 0 Å². The molecule has 0 spiro atoms. The van der Waals surface area contributed by atoms with Gasteiger partial charge in [-0.1, -0.05) is 12.1 Å². The average molecular weight is 419 g/mol. The van der Waals surface area contributed by atoms with Crippen LogP contribution in [0.25, 0.3) is 0 Å². The molecular weight excluding hydrogens is 388 g/mol. The Morgan fingerprint density at radius 3 is 2.21 bits per heavy atom. The van der Waals surface area contributed by atoms with Crippen LogP contribution in [0.4, 0.5) is 5.69 Å². The second-order valence-corrected chi connectivity index (χ2v) is 9.33. The summed E-state index contributed by atoms with van der Waals surface area (Å²) in [6.07, 6.45) is 3.77. The molecule has 3 rings (SSSR count). The fraction of sp³-hybridized carbons (Fsp3) is 0.455. The van der Waals surface area contributed by atoms with Gasteiger partial charge < -0.3 is 14.4 Å². The van der Waals surface area contributed by atoms with E-state index in [0.717, 1.165) is 18.7 Å². The van der Waals surface area contributed by atoms with Crippen LogP contribution in [-0.2, 0) is 21.3 Å². The molecule has 1 aliphatic heterocycles. The van der Waals surface area contributed by atoms with E-state index in [1.54, 1.807) is 38.4 Å². The number of ether oxygens (including phenoxy) is 2. The van der Waals surface area contributed by atoms with Crippen LogP contribution in [-0.4, -0.2) is 53.2 Å². The molecule has 1 heterocycles. The third-order valence-electron chi connectivity index (χ3n) is 5.15. The first-order chi connectivity index (χ1) is 14.0. The fourth-order valence-corrected chi connectivity index (χ4v) is 4.60. The number of piperidine rings is 1. The Labute approximate surface area is 174 Å². The highest BCUT2D eigenvalue weighted by molar-refractivity contribution is 7.89. The predicted molar refractivity (Wildman–Crippen MR) is 115 cm³/mol. The summed E-state index contributed by atoms with van der Waals surface area (Å²) in [6.45, 7) is 3.43. The first-order valence-electron chi connectivity index (χ1n) is 10.0. The minimum Gasteiger partial charge on any atom is -0.491 e. The second-order valence-electron chi connectivity index (χ2n) is 7.29. The normalized spacial score (nSPS) is 14.9. The van der Waals surface area contributed by atoms with Crippen LogP contribution < -0.4 is 9.64 Å². The molecule has 0 bridgehead atoms. The van der Waals surface area contributed by atoms with Crippen LogP contribution in [0, 0.1) is 0 Å². The first kappa shape index (κ1) is 21.6. The third kappa shape index (κ3) is 5.72. The van der Waals surface area contributed by atoms with E-state index in [-0.39, 0.29) is 4.90 Å². The van der Waals surface area contributed by atoms with E-state index in [9.17, 15) is 8.42 Å². The lowest BCUT2D eigenvalue weighted by Gasteiger charge is -2.29. The summed E-state index contributed by atoms with van der Waals surface area (Å²) >= 11 is 0. The molecular formula is C22H30N2O4S. The topological polar surface area (TPSA) is 59.1 Å². The van der Waals surface area contributed by atoms with Crippen molar-refractivity contribution in [2.75, 3.05) is 45.4 Å². The molecule has 2 aromatic rings. The molecule has 29 heavy (non-hydrogen) atoms. The van der Waals surface area contributed by atoms with E-state index >= 15 is 0 Å². The maximum atomic E-state index is 12.9. The molecule has 158 valence electrons. The maximum Gasteiger partial charge on any atom is 0.243 e. The minimum atomic E-state index is -3.57. The van der Waals surface area contributed by atoms with Crippen molar-refractivity contribution in [3.63, 3.8) is 0 Å². The predicted octanol–water partition coefficient (Wildman–Crippen LogP) is 3.52. The Balaban J connectivity index is 1.62. The summed E-state index contributed by atoms with van der Waals surface area (Å²) < 4.78 is 37.6. The standard InChI is InChI=1S/C22H30N2O4S/c1-23(18-19-6-8-20(9-7-19)24-14-4-3-5-15-24)29(25,26)22-12-10-21(11-13-22)28-17-16-27-2/h6-13H,3-5,14-18H2,1-2H3. The number of hydrogen-bond donors (Lipinski definition) is 0. The van der Waals surface area contributed by atoms with Gasteiger partial charge in [0.1, 0.15) is 12.4 Å². The highest BCUT2D eigenvalue weighted by atomic mass is 32.2. The summed E-state index contributed by atoms with van der Waals surface area (Å²) in [7, 11) is -0.352. The van der Waals surface area contributed by atoms with Crippen molar-refractivity contribution < 1.29 is 17.9 Å². The zero-order valence-electron chi connectivity index (χ0n) is 17.2. The van der Waals surface area contributed by atoms with Crippen LogP contribution >= 0.6 is 0 Å². The monoisotopic (exact) mass is 418 g/mol. The lowest BCUT2D eigenvalue weighted by molar-refractivity contribution is 0.146. The quantitative estimate of drug-likeness (QED) is 0.583. The van der Waals surface area contributed by atoms with E-state index in [1.165, 1.54) is 29.3 Å². The largest absolute Gasteiger partial charge is 0.491 e. The highest BCUT2D eigenvalue weighted by Crippen LogP contribution is 2.23. The Kier molecular flexibility index (Phi) is 7.52. The average Bonchev–Trinajstić information content (AvgIpc) is 2.75. The van der Waals surface area contributed by atoms with Crippen LogP contribution in [0.1, 0.15) is 24.8 Å². The van der Waals surface area contributed by atoms with Gasteiger partial charge in [0.25, 0.3) is 0 Å². The molecule has 0 atom stereocenters. The Hall–Kier alpha value is -2.09. The zero-order valence-corrected chi connectivity index (χ0v) is 18.0. The summed E-state index contributed by atoms with van der Waals surface area (Å²) in [5.74, 6) is 0.622. The van der Waals surface area contributed by atoms with E-state index < -0.39 is 10.0 Å². The molecule has 0 aromatic heterocycles. The SMILES string of the molecule is COCCOc1ccc(S(=O)(=O)N(C)Cc2ccc(N3CCCCC3)cc2)cc1. The molecule has 0 unspecified atom stereocenters. The van der Waals surface area contributed by atoms with Gasteiger partial charge in [0.15, 0.2) is 0 Å². The Morgan fingerprint density at radius 2 is 1.59 bits per heavy atom. The molecule has 0 radical (unpaired) electrons. The summed E-state index contributed by atoms with van der Waals surface area (Å²) in [6, 6.07) is 14.7. The van der Waals surface area contributed by atoms with Crippen molar-refractivity contribution in [2.45, 2.75) is 30.7 Å². The van der Waals surface area contributed by atoms with Crippen LogP contribution in [0.5, 0.6) is 5.75 Å². The number of rotatable bonds is 9. The van der Waals surface area contributed by atoms with Gasteiger partial charge in [-0.05, 0) is 61.2 Å². The Bertz CT molecular complexity index is 861. The third-order valence-corrected chi connectivity index (χ3v) is 6.97. The minimum absolute atomic E-state index is 0.254. The van der Waals surface area contributed by atoms with Crippen molar-refractivity contribution in [1.29, 1.82) is 0 Å². The number of anilines is 1. The number of nitrogens with zero attached hydrogens (tertiary/aromatic N) is 2. The summed E-state index contributed by atoms with van der Waals surface area (Å²) in [5.41, 5.74) is 2.18. The molecule has 1 aliphatic rings. The molecule has 0 N–H and O–H groups in total. The smallest absolute Gasteiger partial charge is 0.243 e. The number of methoxy groups -OCH3 is 1. The van der Waals surface area contributed by atoms with Gasteiger partial charge in [-0.3, -0.25) is 0 Å². The summed E-state index contributed by atoms with van der Waals surface area (Å²) in [5, 5.41) is 0.